The van der Waals surface area contributed by atoms with Gasteiger partial charge in [0.2, 0.25) is 5.89 Å². The summed E-state index contributed by atoms with van der Waals surface area (Å²) in [5.74, 6) is 0.974. The molecule has 0 aliphatic rings. The number of nitrogens with zero attached hydrogens (tertiary/aromatic N) is 2. The summed E-state index contributed by atoms with van der Waals surface area (Å²) in [7, 11) is 0. The van der Waals surface area contributed by atoms with Gasteiger partial charge in [-0.15, -0.1) is 0 Å². The average Bonchev–Trinajstić information content (AvgIpc) is 3.24. The van der Waals surface area contributed by atoms with Crippen LogP contribution in [0.1, 0.15) is 69.1 Å². The SMILES string of the molecule is C=C(c1ccccc1OCc1ccccc1)c1oc(C(NC(=O)OC(C)(C)C)C(C)C)nc1C#N. The normalized spacial score (nSPS) is 12.0. The molecule has 3 aromatic rings. The second-order valence-electron chi connectivity index (χ2n) is 9.46. The largest absolute Gasteiger partial charge is 0.488 e. The molecular weight excluding hydrogens is 442 g/mol. The number of carbonyl (C=O) groups excluding carboxylic acids is 1. The monoisotopic (exact) mass is 473 g/mol. The van der Waals surface area contributed by atoms with Gasteiger partial charge in [-0.05, 0) is 38.3 Å². The van der Waals surface area contributed by atoms with E-state index in [-0.39, 0.29) is 23.3 Å². The third kappa shape index (κ3) is 6.73. The Hall–Kier alpha value is -4.05. The van der Waals surface area contributed by atoms with E-state index in [0.717, 1.165) is 5.56 Å². The first kappa shape index (κ1) is 25.6. The van der Waals surface area contributed by atoms with E-state index in [2.05, 4.69) is 22.9 Å². The molecule has 0 spiro atoms. The quantitative estimate of drug-likeness (QED) is 0.406. The summed E-state index contributed by atoms with van der Waals surface area (Å²) in [4.78, 5) is 16.8. The first-order valence-corrected chi connectivity index (χ1v) is 11.4. The van der Waals surface area contributed by atoms with Crippen LogP contribution < -0.4 is 10.1 Å². The van der Waals surface area contributed by atoms with Crippen LogP contribution >= 0.6 is 0 Å². The molecule has 35 heavy (non-hydrogen) atoms. The summed E-state index contributed by atoms with van der Waals surface area (Å²) in [5.41, 5.74) is 1.61. The molecule has 0 bridgehead atoms. The van der Waals surface area contributed by atoms with Gasteiger partial charge >= 0.3 is 6.09 Å². The standard InChI is InChI=1S/C28H31N3O4/c1-18(2)24(31-27(32)35-28(4,5)6)26-30-22(16-29)25(34-26)19(3)21-14-10-11-15-23(21)33-17-20-12-8-7-9-13-20/h7-15,18,24H,3,17H2,1-2,4-6H3,(H,31,32). The molecule has 182 valence electrons. The number of hydrogen-bond acceptors (Lipinski definition) is 6. The molecule has 0 fully saturated rings. The Labute approximate surface area is 206 Å². The Morgan fingerprint density at radius 2 is 1.80 bits per heavy atom. The molecule has 0 aliphatic carbocycles. The summed E-state index contributed by atoms with van der Waals surface area (Å²) in [6.45, 7) is 13.7. The van der Waals surface area contributed by atoms with Gasteiger partial charge in [-0.3, -0.25) is 0 Å². The van der Waals surface area contributed by atoms with Gasteiger partial charge in [-0.25, -0.2) is 9.78 Å². The molecule has 1 unspecified atom stereocenters. The summed E-state index contributed by atoms with van der Waals surface area (Å²) >= 11 is 0. The number of hydrogen-bond donors (Lipinski definition) is 1. The van der Waals surface area contributed by atoms with E-state index in [1.54, 1.807) is 20.8 Å². The molecule has 0 saturated carbocycles. The predicted octanol–water partition coefficient (Wildman–Crippen LogP) is 6.41. The van der Waals surface area contributed by atoms with Crippen molar-refractivity contribution in [2.24, 2.45) is 5.92 Å². The van der Waals surface area contributed by atoms with Crippen molar-refractivity contribution >= 4 is 11.7 Å². The van der Waals surface area contributed by atoms with Crippen molar-refractivity contribution in [1.82, 2.24) is 10.3 Å². The second-order valence-corrected chi connectivity index (χ2v) is 9.46. The van der Waals surface area contributed by atoms with Crippen molar-refractivity contribution in [2.75, 3.05) is 0 Å². The van der Waals surface area contributed by atoms with Crippen LogP contribution in [0.25, 0.3) is 5.57 Å². The maximum Gasteiger partial charge on any atom is 0.408 e. The van der Waals surface area contributed by atoms with Crippen LogP contribution in [0.2, 0.25) is 0 Å². The zero-order valence-corrected chi connectivity index (χ0v) is 20.8. The van der Waals surface area contributed by atoms with Crippen molar-refractivity contribution in [2.45, 2.75) is 52.9 Å². The number of carbonyl (C=O) groups is 1. The molecule has 1 heterocycles. The van der Waals surface area contributed by atoms with Crippen molar-refractivity contribution in [3.05, 3.63) is 89.6 Å². The Bertz CT molecular complexity index is 1220. The zero-order valence-electron chi connectivity index (χ0n) is 20.8. The Morgan fingerprint density at radius 1 is 1.14 bits per heavy atom. The van der Waals surface area contributed by atoms with E-state index in [1.165, 1.54) is 0 Å². The number of benzene rings is 2. The van der Waals surface area contributed by atoms with E-state index in [9.17, 15) is 10.1 Å². The molecule has 1 amide bonds. The predicted molar refractivity (Wildman–Crippen MR) is 134 cm³/mol. The van der Waals surface area contributed by atoms with Gasteiger partial charge in [0.05, 0.1) is 0 Å². The molecular formula is C28H31N3O4. The first-order chi connectivity index (χ1) is 16.6. The van der Waals surface area contributed by atoms with Crippen LogP contribution in [0.5, 0.6) is 5.75 Å². The van der Waals surface area contributed by atoms with Crippen LogP contribution in [-0.2, 0) is 11.3 Å². The third-order valence-corrected chi connectivity index (χ3v) is 5.08. The van der Waals surface area contributed by atoms with Crippen LogP contribution in [0, 0.1) is 17.2 Å². The number of nitrogens with one attached hydrogen (secondary N) is 1. The summed E-state index contributed by atoms with van der Waals surface area (Å²) in [5, 5.41) is 12.5. The Morgan fingerprint density at radius 3 is 2.43 bits per heavy atom. The number of nitriles is 1. The smallest absolute Gasteiger partial charge is 0.408 e. The molecule has 3 rings (SSSR count). The number of ether oxygens (including phenoxy) is 2. The number of alkyl carbamates (subject to hydrolysis) is 1. The maximum atomic E-state index is 12.4. The van der Waals surface area contributed by atoms with Crippen molar-refractivity contribution in [3.8, 4) is 11.8 Å². The Balaban J connectivity index is 1.88. The molecule has 7 nitrogen and oxygen atoms in total. The molecule has 1 N–H and O–H groups in total. The first-order valence-electron chi connectivity index (χ1n) is 11.4. The summed E-state index contributed by atoms with van der Waals surface area (Å²) < 4.78 is 17.5. The van der Waals surface area contributed by atoms with E-state index in [1.807, 2.05) is 68.4 Å². The molecule has 1 atom stereocenters. The third-order valence-electron chi connectivity index (χ3n) is 5.08. The number of rotatable bonds is 8. The summed E-state index contributed by atoms with van der Waals surface area (Å²) in [6.07, 6.45) is -0.590. The summed E-state index contributed by atoms with van der Waals surface area (Å²) in [6, 6.07) is 18.7. The lowest BCUT2D eigenvalue weighted by Gasteiger charge is -2.24. The fourth-order valence-corrected chi connectivity index (χ4v) is 3.40. The van der Waals surface area contributed by atoms with E-state index in [4.69, 9.17) is 13.9 Å². The van der Waals surface area contributed by atoms with Crippen molar-refractivity contribution in [1.29, 1.82) is 5.26 Å². The van der Waals surface area contributed by atoms with Gasteiger partial charge in [0.1, 0.15) is 30.1 Å². The van der Waals surface area contributed by atoms with Crippen molar-refractivity contribution in [3.63, 3.8) is 0 Å². The number of oxazole rings is 1. The topological polar surface area (TPSA) is 97.4 Å². The fourth-order valence-electron chi connectivity index (χ4n) is 3.40. The van der Waals surface area contributed by atoms with Gasteiger partial charge in [0, 0.05) is 11.1 Å². The minimum Gasteiger partial charge on any atom is -0.488 e. The number of aromatic nitrogens is 1. The van der Waals surface area contributed by atoms with E-state index >= 15 is 0 Å². The molecule has 7 heteroatoms. The minimum atomic E-state index is -0.650. The van der Waals surface area contributed by atoms with Gasteiger partial charge in [-0.2, -0.15) is 5.26 Å². The van der Waals surface area contributed by atoms with Gasteiger partial charge in [0.15, 0.2) is 11.5 Å². The molecule has 0 saturated heterocycles. The Kier molecular flexibility index (Phi) is 7.98. The van der Waals surface area contributed by atoms with E-state index < -0.39 is 17.7 Å². The zero-order chi connectivity index (χ0) is 25.6. The molecule has 2 aromatic carbocycles. The lowest BCUT2D eigenvalue weighted by atomic mass is 10.0. The van der Waals surface area contributed by atoms with Gasteiger partial charge in [0.25, 0.3) is 0 Å². The highest BCUT2D eigenvalue weighted by Crippen LogP contribution is 2.34. The van der Waals surface area contributed by atoms with Gasteiger partial charge in [-0.1, -0.05) is 69.0 Å². The highest BCUT2D eigenvalue weighted by atomic mass is 16.6. The second kappa shape index (κ2) is 10.9. The highest BCUT2D eigenvalue weighted by molar-refractivity contribution is 5.80. The molecule has 0 aliphatic heterocycles. The van der Waals surface area contributed by atoms with Crippen LogP contribution in [-0.4, -0.2) is 16.7 Å². The molecule has 0 radical (unpaired) electrons. The lowest BCUT2D eigenvalue weighted by Crippen LogP contribution is -2.37. The lowest BCUT2D eigenvalue weighted by molar-refractivity contribution is 0.0479. The number of amides is 1. The fraction of sp³-hybridized carbons (Fsp3) is 0.321. The molecule has 1 aromatic heterocycles. The van der Waals surface area contributed by atoms with Crippen LogP contribution in [0.3, 0.4) is 0 Å². The highest BCUT2D eigenvalue weighted by Gasteiger charge is 2.29. The van der Waals surface area contributed by atoms with Gasteiger partial charge < -0.3 is 19.2 Å². The average molecular weight is 474 g/mol. The number of para-hydroxylation sites is 1. The maximum absolute atomic E-state index is 12.4. The van der Waals surface area contributed by atoms with E-state index in [0.29, 0.717) is 23.5 Å². The van der Waals surface area contributed by atoms with Crippen LogP contribution in [0.4, 0.5) is 4.79 Å². The van der Waals surface area contributed by atoms with Crippen molar-refractivity contribution < 1.29 is 18.7 Å². The van der Waals surface area contributed by atoms with Crippen LogP contribution in [0.15, 0.2) is 65.6 Å². The minimum absolute atomic E-state index is 0.0738.